The van der Waals surface area contributed by atoms with Crippen LogP contribution >= 0.6 is 24.0 Å². The lowest BCUT2D eigenvalue weighted by Crippen LogP contribution is -2.41. The minimum atomic E-state index is 0. The minimum absolute atomic E-state index is 0. The SMILES string of the molecule is CCNC(=NCc1ccc(C)cc1C)NCCNC(=O)C1CC1.I. The van der Waals surface area contributed by atoms with E-state index in [2.05, 4.69) is 53.0 Å². The van der Waals surface area contributed by atoms with Crippen molar-refractivity contribution in [2.75, 3.05) is 19.6 Å². The lowest BCUT2D eigenvalue weighted by atomic mass is 10.1. The first-order valence-corrected chi connectivity index (χ1v) is 8.46. The van der Waals surface area contributed by atoms with Crippen LogP contribution in [-0.2, 0) is 11.3 Å². The largest absolute Gasteiger partial charge is 0.357 e. The molecule has 0 bridgehead atoms. The molecule has 0 saturated heterocycles. The number of hydrogen-bond donors (Lipinski definition) is 3. The molecule has 0 atom stereocenters. The van der Waals surface area contributed by atoms with Gasteiger partial charge in [0.2, 0.25) is 5.91 Å². The molecule has 1 fully saturated rings. The maximum absolute atomic E-state index is 11.6. The van der Waals surface area contributed by atoms with Crippen molar-refractivity contribution in [1.82, 2.24) is 16.0 Å². The summed E-state index contributed by atoms with van der Waals surface area (Å²) in [6.45, 7) is 9.03. The predicted molar refractivity (Wildman–Crippen MR) is 110 cm³/mol. The Morgan fingerprint density at radius 3 is 2.50 bits per heavy atom. The first-order chi connectivity index (χ1) is 11.1. The van der Waals surface area contributed by atoms with Crippen molar-refractivity contribution in [2.45, 2.75) is 40.2 Å². The van der Waals surface area contributed by atoms with Gasteiger partial charge in [-0.1, -0.05) is 23.8 Å². The van der Waals surface area contributed by atoms with Crippen molar-refractivity contribution in [3.63, 3.8) is 0 Å². The first-order valence-electron chi connectivity index (χ1n) is 8.46. The number of hydrogen-bond acceptors (Lipinski definition) is 2. The van der Waals surface area contributed by atoms with Gasteiger partial charge in [0.25, 0.3) is 0 Å². The Morgan fingerprint density at radius 1 is 1.17 bits per heavy atom. The molecule has 6 heteroatoms. The molecule has 0 heterocycles. The summed E-state index contributed by atoms with van der Waals surface area (Å²) in [6, 6.07) is 6.43. The molecule has 134 valence electrons. The summed E-state index contributed by atoms with van der Waals surface area (Å²) in [4.78, 5) is 16.2. The van der Waals surface area contributed by atoms with Gasteiger partial charge < -0.3 is 16.0 Å². The summed E-state index contributed by atoms with van der Waals surface area (Å²) >= 11 is 0. The van der Waals surface area contributed by atoms with Gasteiger partial charge in [0.1, 0.15) is 0 Å². The Kier molecular flexibility index (Phi) is 9.10. The Morgan fingerprint density at radius 2 is 1.88 bits per heavy atom. The summed E-state index contributed by atoms with van der Waals surface area (Å²) < 4.78 is 0. The van der Waals surface area contributed by atoms with E-state index in [0.717, 1.165) is 25.3 Å². The van der Waals surface area contributed by atoms with E-state index in [4.69, 9.17) is 0 Å². The van der Waals surface area contributed by atoms with Crippen molar-refractivity contribution in [3.8, 4) is 0 Å². The molecule has 24 heavy (non-hydrogen) atoms. The monoisotopic (exact) mass is 444 g/mol. The number of aliphatic imine (C=N–C) groups is 1. The highest BCUT2D eigenvalue weighted by Crippen LogP contribution is 2.28. The fourth-order valence-corrected chi connectivity index (χ4v) is 2.39. The van der Waals surface area contributed by atoms with Gasteiger partial charge in [-0.3, -0.25) is 4.79 Å². The summed E-state index contributed by atoms with van der Waals surface area (Å²) in [6.07, 6.45) is 2.08. The Bertz CT molecular complexity index is 570. The topological polar surface area (TPSA) is 65.5 Å². The van der Waals surface area contributed by atoms with Crippen molar-refractivity contribution in [1.29, 1.82) is 0 Å². The molecule has 0 unspecified atom stereocenters. The lowest BCUT2D eigenvalue weighted by molar-refractivity contribution is -0.122. The zero-order valence-electron chi connectivity index (χ0n) is 14.8. The van der Waals surface area contributed by atoms with E-state index in [-0.39, 0.29) is 35.8 Å². The van der Waals surface area contributed by atoms with Gasteiger partial charge in [-0.2, -0.15) is 0 Å². The van der Waals surface area contributed by atoms with Crippen LogP contribution in [0.2, 0.25) is 0 Å². The summed E-state index contributed by atoms with van der Waals surface area (Å²) in [5.41, 5.74) is 3.77. The molecule has 1 amide bonds. The van der Waals surface area contributed by atoms with Crippen molar-refractivity contribution >= 4 is 35.8 Å². The molecule has 3 N–H and O–H groups in total. The van der Waals surface area contributed by atoms with E-state index in [1.165, 1.54) is 16.7 Å². The van der Waals surface area contributed by atoms with Crippen LogP contribution in [-0.4, -0.2) is 31.5 Å². The minimum Gasteiger partial charge on any atom is -0.357 e. The van der Waals surface area contributed by atoms with Gasteiger partial charge in [-0.15, -0.1) is 24.0 Å². The maximum Gasteiger partial charge on any atom is 0.223 e. The quantitative estimate of drug-likeness (QED) is 0.262. The number of aryl methyl sites for hydroxylation is 2. The molecular weight excluding hydrogens is 415 g/mol. The number of amides is 1. The molecule has 5 nitrogen and oxygen atoms in total. The van der Waals surface area contributed by atoms with E-state index in [1.54, 1.807) is 0 Å². The molecular formula is C18H29IN4O. The average molecular weight is 444 g/mol. The fourth-order valence-electron chi connectivity index (χ4n) is 2.39. The average Bonchev–Trinajstić information content (AvgIpc) is 3.35. The van der Waals surface area contributed by atoms with Crippen LogP contribution in [0.25, 0.3) is 0 Å². The third-order valence-electron chi connectivity index (χ3n) is 3.91. The Balaban J connectivity index is 0.00000288. The van der Waals surface area contributed by atoms with Crippen LogP contribution in [0, 0.1) is 19.8 Å². The first kappa shape index (κ1) is 20.7. The van der Waals surface area contributed by atoms with Gasteiger partial charge in [0.05, 0.1) is 6.54 Å². The number of guanidine groups is 1. The molecule has 0 aromatic heterocycles. The van der Waals surface area contributed by atoms with Gasteiger partial charge in [-0.05, 0) is 44.7 Å². The maximum atomic E-state index is 11.6. The highest BCUT2D eigenvalue weighted by Gasteiger charge is 2.28. The van der Waals surface area contributed by atoms with E-state index in [0.29, 0.717) is 19.6 Å². The standard InChI is InChI=1S/C18H28N4O.HI/c1-4-19-18(21-10-9-20-17(23)15-7-8-15)22-12-16-6-5-13(2)11-14(16)3;/h5-6,11,15H,4,7-10,12H2,1-3H3,(H,20,23)(H2,19,21,22);1H. The third kappa shape index (κ3) is 7.07. The van der Waals surface area contributed by atoms with E-state index >= 15 is 0 Å². The second kappa shape index (κ2) is 10.5. The Labute approximate surface area is 162 Å². The molecule has 2 rings (SSSR count). The number of nitrogens with zero attached hydrogens (tertiary/aromatic N) is 1. The number of halogens is 1. The molecule has 0 spiro atoms. The summed E-state index contributed by atoms with van der Waals surface area (Å²) in [7, 11) is 0. The normalized spacial score (nSPS) is 13.9. The second-order valence-electron chi connectivity index (χ2n) is 6.12. The smallest absolute Gasteiger partial charge is 0.223 e. The predicted octanol–water partition coefficient (Wildman–Crippen LogP) is 2.50. The van der Waals surface area contributed by atoms with Gasteiger partial charge >= 0.3 is 0 Å². The molecule has 0 aliphatic heterocycles. The lowest BCUT2D eigenvalue weighted by Gasteiger charge is -2.12. The fraction of sp³-hybridized carbons (Fsp3) is 0.556. The van der Waals surface area contributed by atoms with Crippen molar-refractivity contribution in [2.24, 2.45) is 10.9 Å². The number of carbonyl (C=O) groups is 1. The molecule has 0 radical (unpaired) electrons. The number of benzene rings is 1. The number of carbonyl (C=O) groups excluding carboxylic acids is 1. The van der Waals surface area contributed by atoms with Gasteiger partial charge in [-0.25, -0.2) is 4.99 Å². The van der Waals surface area contributed by atoms with E-state index < -0.39 is 0 Å². The molecule has 1 aromatic carbocycles. The van der Waals surface area contributed by atoms with Crippen LogP contribution in [0.15, 0.2) is 23.2 Å². The summed E-state index contributed by atoms with van der Waals surface area (Å²) in [5.74, 6) is 1.23. The highest BCUT2D eigenvalue weighted by atomic mass is 127. The molecule has 1 saturated carbocycles. The molecule has 1 aromatic rings. The highest BCUT2D eigenvalue weighted by molar-refractivity contribution is 14.0. The zero-order chi connectivity index (χ0) is 16.7. The Hall–Kier alpha value is -1.31. The molecule has 1 aliphatic rings. The third-order valence-corrected chi connectivity index (χ3v) is 3.91. The van der Waals surface area contributed by atoms with E-state index in [1.807, 2.05) is 6.92 Å². The zero-order valence-corrected chi connectivity index (χ0v) is 17.1. The van der Waals surface area contributed by atoms with Crippen molar-refractivity contribution < 1.29 is 4.79 Å². The molecule has 1 aliphatic carbocycles. The van der Waals surface area contributed by atoms with Gasteiger partial charge in [0, 0.05) is 25.6 Å². The summed E-state index contributed by atoms with van der Waals surface area (Å²) in [5, 5.41) is 9.44. The van der Waals surface area contributed by atoms with Crippen LogP contribution in [0.3, 0.4) is 0 Å². The second-order valence-corrected chi connectivity index (χ2v) is 6.12. The van der Waals surface area contributed by atoms with E-state index in [9.17, 15) is 4.79 Å². The van der Waals surface area contributed by atoms with Crippen LogP contribution < -0.4 is 16.0 Å². The number of nitrogens with one attached hydrogen (secondary N) is 3. The van der Waals surface area contributed by atoms with Crippen molar-refractivity contribution in [3.05, 3.63) is 34.9 Å². The number of rotatable bonds is 7. The van der Waals surface area contributed by atoms with Crippen LogP contribution in [0.1, 0.15) is 36.5 Å². The van der Waals surface area contributed by atoms with Gasteiger partial charge in [0.15, 0.2) is 5.96 Å². The van der Waals surface area contributed by atoms with Crippen LogP contribution in [0.4, 0.5) is 0 Å². The van der Waals surface area contributed by atoms with Crippen LogP contribution in [0.5, 0.6) is 0 Å².